The zero-order chi connectivity index (χ0) is 11.0. The fraction of sp³-hybridized carbons (Fsp3) is 0.571. The van der Waals surface area contributed by atoms with Gasteiger partial charge in [-0.25, -0.2) is 0 Å². The van der Waals surface area contributed by atoms with Gasteiger partial charge in [0, 0.05) is 11.7 Å². The fourth-order valence-electron chi connectivity index (χ4n) is 2.68. The molecule has 1 atom stereocenters. The molecule has 0 aromatic heterocycles. The largest absolute Gasteiger partial charge is 0.398 e. The SMILES string of the molecule is Nc1cccc2c1CC(CNC1CC1)CC2. The summed E-state index contributed by atoms with van der Waals surface area (Å²) in [4.78, 5) is 0. The Balaban J connectivity index is 1.67. The molecule has 0 heterocycles. The molecule has 2 aliphatic rings. The van der Waals surface area contributed by atoms with Gasteiger partial charge in [-0.15, -0.1) is 0 Å². The summed E-state index contributed by atoms with van der Waals surface area (Å²) in [7, 11) is 0. The number of hydrogen-bond donors (Lipinski definition) is 2. The van der Waals surface area contributed by atoms with Crippen LogP contribution in [0.15, 0.2) is 18.2 Å². The van der Waals surface area contributed by atoms with Gasteiger partial charge in [-0.05, 0) is 61.8 Å². The molecule has 0 saturated heterocycles. The second-order valence-corrected chi connectivity index (χ2v) is 5.28. The second-order valence-electron chi connectivity index (χ2n) is 5.28. The maximum Gasteiger partial charge on any atom is 0.0349 e. The molecule has 2 heteroatoms. The Morgan fingerprint density at radius 3 is 2.94 bits per heavy atom. The minimum atomic E-state index is 0.790. The Morgan fingerprint density at radius 1 is 1.25 bits per heavy atom. The van der Waals surface area contributed by atoms with Gasteiger partial charge in [0.1, 0.15) is 0 Å². The molecular weight excluding hydrogens is 196 g/mol. The molecule has 0 radical (unpaired) electrons. The van der Waals surface area contributed by atoms with Crippen molar-refractivity contribution in [2.24, 2.45) is 5.92 Å². The van der Waals surface area contributed by atoms with E-state index < -0.39 is 0 Å². The minimum absolute atomic E-state index is 0.790. The minimum Gasteiger partial charge on any atom is -0.398 e. The summed E-state index contributed by atoms with van der Waals surface area (Å²) in [5, 5.41) is 3.64. The number of hydrogen-bond acceptors (Lipinski definition) is 2. The summed E-state index contributed by atoms with van der Waals surface area (Å²) < 4.78 is 0. The maximum absolute atomic E-state index is 6.05. The van der Waals surface area contributed by atoms with Crippen LogP contribution in [0.1, 0.15) is 30.4 Å². The van der Waals surface area contributed by atoms with E-state index >= 15 is 0 Å². The van der Waals surface area contributed by atoms with Crippen molar-refractivity contribution in [3.63, 3.8) is 0 Å². The van der Waals surface area contributed by atoms with Gasteiger partial charge in [0.2, 0.25) is 0 Å². The van der Waals surface area contributed by atoms with E-state index in [2.05, 4.69) is 17.4 Å². The highest BCUT2D eigenvalue weighted by atomic mass is 14.9. The van der Waals surface area contributed by atoms with Crippen molar-refractivity contribution < 1.29 is 0 Å². The van der Waals surface area contributed by atoms with Gasteiger partial charge in [0.15, 0.2) is 0 Å². The van der Waals surface area contributed by atoms with Crippen LogP contribution in [0.4, 0.5) is 5.69 Å². The van der Waals surface area contributed by atoms with E-state index in [4.69, 9.17) is 5.73 Å². The first-order valence-corrected chi connectivity index (χ1v) is 6.42. The summed E-state index contributed by atoms with van der Waals surface area (Å²) in [6.45, 7) is 1.18. The van der Waals surface area contributed by atoms with Crippen molar-refractivity contribution in [1.82, 2.24) is 5.32 Å². The molecule has 0 aliphatic heterocycles. The first kappa shape index (κ1) is 10.2. The zero-order valence-electron chi connectivity index (χ0n) is 9.71. The van der Waals surface area contributed by atoms with Gasteiger partial charge in [0.05, 0.1) is 0 Å². The molecule has 0 bridgehead atoms. The van der Waals surface area contributed by atoms with Crippen LogP contribution < -0.4 is 11.1 Å². The average Bonchev–Trinajstić information content (AvgIpc) is 3.11. The van der Waals surface area contributed by atoms with Crippen molar-refractivity contribution >= 4 is 5.69 Å². The number of nitrogens with two attached hydrogens (primary N) is 1. The number of anilines is 1. The topological polar surface area (TPSA) is 38.0 Å². The van der Waals surface area contributed by atoms with E-state index in [0.717, 1.165) is 17.6 Å². The number of rotatable bonds is 3. The van der Waals surface area contributed by atoms with Crippen LogP contribution in [-0.4, -0.2) is 12.6 Å². The second kappa shape index (κ2) is 4.10. The molecule has 1 unspecified atom stereocenters. The molecule has 0 amide bonds. The predicted octanol–water partition coefficient (Wildman–Crippen LogP) is 2.13. The van der Waals surface area contributed by atoms with E-state index in [1.165, 1.54) is 49.8 Å². The zero-order valence-corrected chi connectivity index (χ0v) is 9.71. The van der Waals surface area contributed by atoms with Crippen molar-refractivity contribution in [1.29, 1.82) is 0 Å². The third-order valence-electron chi connectivity index (χ3n) is 3.90. The highest BCUT2D eigenvalue weighted by Crippen LogP contribution is 2.29. The lowest BCUT2D eigenvalue weighted by Gasteiger charge is -2.26. The highest BCUT2D eigenvalue weighted by molar-refractivity contribution is 5.52. The first-order valence-electron chi connectivity index (χ1n) is 6.42. The van der Waals surface area contributed by atoms with Crippen LogP contribution in [0.3, 0.4) is 0 Å². The van der Waals surface area contributed by atoms with Crippen molar-refractivity contribution in [2.45, 2.75) is 38.1 Å². The lowest BCUT2D eigenvalue weighted by Crippen LogP contribution is -2.29. The molecule has 2 nitrogen and oxygen atoms in total. The van der Waals surface area contributed by atoms with Crippen molar-refractivity contribution in [2.75, 3.05) is 12.3 Å². The van der Waals surface area contributed by atoms with E-state index in [9.17, 15) is 0 Å². The number of fused-ring (bicyclic) bond motifs is 1. The monoisotopic (exact) mass is 216 g/mol. The summed E-state index contributed by atoms with van der Waals surface area (Å²) in [6, 6.07) is 7.18. The maximum atomic E-state index is 6.05. The van der Waals surface area contributed by atoms with Crippen LogP contribution in [-0.2, 0) is 12.8 Å². The third-order valence-corrected chi connectivity index (χ3v) is 3.90. The molecule has 1 fully saturated rings. The molecule has 0 spiro atoms. The highest BCUT2D eigenvalue weighted by Gasteiger charge is 2.24. The molecule has 3 rings (SSSR count). The van der Waals surface area contributed by atoms with Crippen LogP contribution in [0.25, 0.3) is 0 Å². The van der Waals surface area contributed by atoms with E-state index in [1.807, 2.05) is 6.07 Å². The number of benzene rings is 1. The van der Waals surface area contributed by atoms with Crippen LogP contribution in [0.2, 0.25) is 0 Å². The lowest BCUT2D eigenvalue weighted by atomic mass is 9.83. The average molecular weight is 216 g/mol. The Bertz CT molecular complexity index is 382. The lowest BCUT2D eigenvalue weighted by molar-refractivity contribution is 0.424. The molecule has 1 saturated carbocycles. The van der Waals surface area contributed by atoms with E-state index in [-0.39, 0.29) is 0 Å². The number of aryl methyl sites for hydroxylation is 1. The third kappa shape index (κ3) is 2.07. The molecule has 3 N–H and O–H groups in total. The summed E-state index contributed by atoms with van der Waals surface area (Å²) in [5.74, 6) is 0.790. The van der Waals surface area contributed by atoms with Gasteiger partial charge < -0.3 is 11.1 Å². The molecule has 16 heavy (non-hydrogen) atoms. The normalized spacial score (nSPS) is 24.1. The predicted molar refractivity (Wildman–Crippen MR) is 67.4 cm³/mol. The van der Waals surface area contributed by atoms with E-state index in [1.54, 1.807) is 0 Å². The Morgan fingerprint density at radius 2 is 2.12 bits per heavy atom. The van der Waals surface area contributed by atoms with Gasteiger partial charge in [0.25, 0.3) is 0 Å². The molecule has 1 aromatic carbocycles. The van der Waals surface area contributed by atoms with Gasteiger partial charge in [-0.2, -0.15) is 0 Å². The van der Waals surface area contributed by atoms with Crippen molar-refractivity contribution in [3.8, 4) is 0 Å². The van der Waals surface area contributed by atoms with Crippen LogP contribution >= 0.6 is 0 Å². The van der Waals surface area contributed by atoms with E-state index in [0.29, 0.717) is 0 Å². The van der Waals surface area contributed by atoms with Gasteiger partial charge >= 0.3 is 0 Å². The molecule has 86 valence electrons. The first-order chi connectivity index (χ1) is 7.83. The van der Waals surface area contributed by atoms with Crippen LogP contribution in [0, 0.1) is 5.92 Å². The smallest absolute Gasteiger partial charge is 0.0349 e. The summed E-state index contributed by atoms with van der Waals surface area (Å²) >= 11 is 0. The molecule has 2 aliphatic carbocycles. The quantitative estimate of drug-likeness (QED) is 0.760. The fourth-order valence-corrected chi connectivity index (χ4v) is 2.68. The van der Waals surface area contributed by atoms with Crippen molar-refractivity contribution in [3.05, 3.63) is 29.3 Å². The summed E-state index contributed by atoms with van der Waals surface area (Å²) in [6.07, 6.45) is 6.45. The van der Waals surface area contributed by atoms with Crippen LogP contribution in [0.5, 0.6) is 0 Å². The molecule has 1 aromatic rings. The Labute approximate surface area is 97.2 Å². The number of nitrogen functional groups attached to an aromatic ring is 1. The Hall–Kier alpha value is -1.02. The Kier molecular flexibility index (Phi) is 2.60. The summed E-state index contributed by atoms with van der Waals surface area (Å²) in [5.41, 5.74) is 9.93. The molecular formula is C14H20N2. The standard InChI is InChI=1S/C14H20N2/c15-14-3-1-2-11-5-4-10(8-13(11)14)9-16-12-6-7-12/h1-3,10,12,16H,4-9,15H2. The number of nitrogens with one attached hydrogen (secondary N) is 1. The van der Waals surface area contributed by atoms with Gasteiger partial charge in [-0.3, -0.25) is 0 Å². The van der Waals surface area contributed by atoms with Gasteiger partial charge in [-0.1, -0.05) is 12.1 Å².